The molecule has 26 heavy (non-hydrogen) atoms. The van der Waals surface area contributed by atoms with E-state index in [-0.39, 0.29) is 16.5 Å². The van der Waals surface area contributed by atoms with Crippen LogP contribution >= 0.6 is 0 Å². The molecule has 6 nitrogen and oxygen atoms in total. The van der Waals surface area contributed by atoms with Crippen LogP contribution in [0.5, 0.6) is 0 Å². The van der Waals surface area contributed by atoms with Crippen LogP contribution < -0.4 is 10.0 Å². The molecule has 0 spiro atoms. The summed E-state index contributed by atoms with van der Waals surface area (Å²) in [5.41, 5.74) is 2.01. The van der Waals surface area contributed by atoms with Crippen LogP contribution in [0.25, 0.3) is 0 Å². The number of hydrogen-bond acceptors (Lipinski definition) is 4. The van der Waals surface area contributed by atoms with Gasteiger partial charge in [0.25, 0.3) is 0 Å². The first-order valence-corrected chi connectivity index (χ1v) is 9.63. The Bertz CT molecular complexity index is 900. The van der Waals surface area contributed by atoms with Crippen LogP contribution in [0.4, 0.5) is 4.39 Å². The smallest absolute Gasteiger partial charge is 0.241 e. The average Bonchev–Trinajstić information content (AvgIpc) is 2.52. The number of aryl methyl sites for hydroxylation is 2. The first-order chi connectivity index (χ1) is 12.2. The van der Waals surface area contributed by atoms with Crippen molar-refractivity contribution in [3.63, 3.8) is 0 Å². The monoisotopic (exact) mass is 379 g/mol. The highest BCUT2D eigenvalue weighted by Crippen LogP contribution is 2.15. The Balaban J connectivity index is 1.91. The van der Waals surface area contributed by atoms with Crippen LogP contribution in [0.15, 0.2) is 41.3 Å². The third-order valence-electron chi connectivity index (χ3n) is 3.72. The van der Waals surface area contributed by atoms with Crippen molar-refractivity contribution >= 4 is 15.9 Å². The van der Waals surface area contributed by atoms with Crippen molar-refractivity contribution in [2.75, 3.05) is 6.54 Å². The zero-order valence-corrected chi connectivity index (χ0v) is 15.7. The fourth-order valence-corrected chi connectivity index (χ4v) is 3.76. The van der Waals surface area contributed by atoms with Crippen molar-refractivity contribution in [1.82, 2.24) is 15.0 Å². The number of halogens is 1. The van der Waals surface area contributed by atoms with Crippen molar-refractivity contribution in [3.05, 3.63) is 59.2 Å². The highest BCUT2D eigenvalue weighted by molar-refractivity contribution is 7.89. The van der Waals surface area contributed by atoms with Gasteiger partial charge in [-0.15, -0.1) is 0 Å². The number of pyridine rings is 1. The van der Waals surface area contributed by atoms with Gasteiger partial charge in [-0.25, -0.2) is 17.5 Å². The number of aromatic nitrogens is 1. The van der Waals surface area contributed by atoms with Gasteiger partial charge in [0, 0.05) is 23.9 Å². The maximum absolute atomic E-state index is 13.1. The SMILES string of the molecule is Cc1cccc(CC(C)NC(=O)CNS(=O)(=O)c2ccc(F)cc2C)n1. The number of carbonyl (C=O) groups excluding carboxylic acids is 1. The Morgan fingerprint density at radius 1 is 1.23 bits per heavy atom. The molecule has 0 aliphatic rings. The fraction of sp³-hybridized carbons (Fsp3) is 0.333. The van der Waals surface area contributed by atoms with Crippen LogP contribution in [0.2, 0.25) is 0 Å². The van der Waals surface area contributed by atoms with Crippen molar-refractivity contribution in [2.45, 2.75) is 38.1 Å². The summed E-state index contributed by atoms with van der Waals surface area (Å²) in [6.07, 6.45) is 0.539. The van der Waals surface area contributed by atoms with E-state index in [2.05, 4.69) is 15.0 Å². The van der Waals surface area contributed by atoms with Gasteiger partial charge in [0.15, 0.2) is 0 Å². The third kappa shape index (κ3) is 5.60. The predicted octanol–water partition coefficient (Wildman–Crippen LogP) is 1.86. The molecule has 2 N–H and O–H groups in total. The summed E-state index contributed by atoms with van der Waals surface area (Å²) >= 11 is 0. The molecule has 2 aromatic rings. The zero-order chi connectivity index (χ0) is 19.3. The van der Waals surface area contributed by atoms with Gasteiger partial charge < -0.3 is 5.32 Å². The molecule has 1 amide bonds. The van der Waals surface area contributed by atoms with Crippen molar-refractivity contribution in [1.29, 1.82) is 0 Å². The molecular formula is C18H22FN3O3S. The molecule has 0 fully saturated rings. The minimum Gasteiger partial charge on any atom is -0.352 e. The van der Waals surface area contributed by atoms with E-state index in [0.717, 1.165) is 23.5 Å². The minimum atomic E-state index is -3.89. The summed E-state index contributed by atoms with van der Waals surface area (Å²) in [7, 11) is -3.89. The van der Waals surface area contributed by atoms with Gasteiger partial charge in [-0.05, 0) is 56.7 Å². The molecule has 1 aromatic heterocycles. The fourth-order valence-electron chi connectivity index (χ4n) is 2.56. The summed E-state index contributed by atoms with van der Waals surface area (Å²) in [5.74, 6) is -0.966. The topological polar surface area (TPSA) is 88.2 Å². The Morgan fingerprint density at radius 3 is 2.62 bits per heavy atom. The quantitative estimate of drug-likeness (QED) is 0.769. The van der Waals surface area contributed by atoms with Crippen LogP contribution in [0, 0.1) is 19.7 Å². The molecule has 1 unspecified atom stereocenters. The molecule has 0 saturated carbocycles. The number of nitrogens with one attached hydrogen (secondary N) is 2. The largest absolute Gasteiger partial charge is 0.352 e. The third-order valence-corrected chi connectivity index (χ3v) is 5.28. The lowest BCUT2D eigenvalue weighted by atomic mass is 10.1. The molecule has 8 heteroatoms. The van der Waals surface area contributed by atoms with Gasteiger partial charge in [0.05, 0.1) is 11.4 Å². The minimum absolute atomic E-state index is 0.0521. The summed E-state index contributed by atoms with van der Waals surface area (Å²) < 4.78 is 39.9. The molecule has 0 aliphatic heterocycles. The van der Waals surface area contributed by atoms with E-state index in [4.69, 9.17) is 0 Å². The van der Waals surface area contributed by atoms with Crippen molar-refractivity contribution in [3.8, 4) is 0 Å². The number of amides is 1. The molecule has 1 heterocycles. The molecular weight excluding hydrogens is 357 g/mol. The van der Waals surface area contributed by atoms with Crippen LogP contribution in [-0.4, -0.2) is 31.9 Å². The number of carbonyl (C=O) groups is 1. The van der Waals surface area contributed by atoms with E-state index in [9.17, 15) is 17.6 Å². The molecule has 0 bridgehead atoms. The summed E-state index contributed by atoms with van der Waals surface area (Å²) in [5, 5.41) is 2.73. The second kappa shape index (κ2) is 8.37. The summed E-state index contributed by atoms with van der Waals surface area (Å²) in [6.45, 7) is 4.80. The molecule has 0 aliphatic carbocycles. The zero-order valence-electron chi connectivity index (χ0n) is 14.9. The average molecular weight is 379 g/mol. The van der Waals surface area contributed by atoms with Crippen LogP contribution in [0.1, 0.15) is 23.9 Å². The second-order valence-electron chi connectivity index (χ2n) is 6.18. The highest BCUT2D eigenvalue weighted by Gasteiger charge is 2.19. The van der Waals surface area contributed by atoms with Crippen LogP contribution in [-0.2, 0) is 21.2 Å². The van der Waals surface area contributed by atoms with Crippen molar-refractivity contribution < 1.29 is 17.6 Å². The molecule has 1 atom stereocenters. The highest BCUT2D eigenvalue weighted by atomic mass is 32.2. The number of nitrogens with zero attached hydrogens (tertiary/aromatic N) is 1. The van der Waals surface area contributed by atoms with Gasteiger partial charge in [0.1, 0.15) is 5.82 Å². The lowest BCUT2D eigenvalue weighted by Gasteiger charge is -2.14. The van der Waals surface area contributed by atoms with Gasteiger partial charge in [-0.2, -0.15) is 0 Å². The van der Waals surface area contributed by atoms with Gasteiger partial charge >= 0.3 is 0 Å². The lowest BCUT2D eigenvalue weighted by Crippen LogP contribution is -2.41. The molecule has 0 radical (unpaired) electrons. The Kier molecular flexibility index (Phi) is 6.44. The summed E-state index contributed by atoms with van der Waals surface area (Å²) in [6, 6.07) is 8.83. The normalized spacial score (nSPS) is 12.6. The molecule has 2 rings (SSSR count). The first-order valence-electron chi connectivity index (χ1n) is 8.15. The number of sulfonamides is 1. The van der Waals surface area contributed by atoms with Gasteiger partial charge in [-0.1, -0.05) is 6.07 Å². The maximum Gasteiger partial charge on any atom is 0.241 e. The summed E-state index contributed by atoms with van der Waals surface area (Å²) in [4.78, 5) is 16.3. The van der Waals surface area contributed by atoms with E-state index in [1.807, 2.05) is 32.0 Å². The van der Waals surface area contributed by atoms with E-state index in [1.54, 1.807) is 0 Å². The molecule has 140 valence electrons. The Morgan fingerprint density at radius 2 is 1.96 bits per heavy atom. The van der Waals surface area contributed by atoms with Crippen molar-refractivity contribution in [2.24, 2.45) is 0 Å². The van der Waals surface area contributed by atoms with Gasteiger partial charge in [0.2, 0.25) is 15.9 Å². The van der Waals surface area contributed by atoms with E-state index >= 15 is 0 Å². The Hall–Kier alpha value is -2.32. The number of hydrogen-bond donors (Lipinski definition) is 2. The molecule has 1 aromatic carbocycles. The maximum atomic E-state index is 13.1. The predicted molar refractivity (Wildman–Crippen MR) is 96.6 cm³/mol. The van der Waals surface area contributed by atoms with E-state index in [1.165, 1.54) is 13.0 Å². The number of benzene rings is 1. The first kappa shape index (κ1) is 20.0. The molecule has 0 saturated heterocycles. The van der Waals surface area contributed by atoms with E-state index in [0.29, 0.717) is 6.42 Å². The van der Waals surface area contributed by atoms with E-state index < -0.39 is 28.3 Å². The second-order valence-corrected chi connectivity index (χ2v) is 7.91. The Labute approximate surface area is 152 Å². The van der Waals surface area contributed by atoms with Crippen LogP contribution in [0.3, 0.4) is 0 Å². The standard InChI is InChI=1S/C18H22FN3O3S/c1-12-9-15(19)7-8-17(12)26(24,25)20-11-18(23)22-14(3)10-16-6-4-5-13(2)21-16/h4-9,14,20H,10-11H2,1-3H3,(H,22,23). The van der Waals surface area contributed by atoms with Gasteiger partial charge in [-0.3, -0.25) is 9.78 Å². The lowest BCUT2D eigenvalue weighted by molar-refractivity contribution is -0.120. The number of rotatable bonds is 7.